The van der Waals surface area contributed by atoms with Crippen LogP contribution in [-0.2, 0) is 19.3 Å². The lowest BCUT2D eigenvalue weighted by Crippen LogP contribution is -2.24. The van der Waals surface area contributed by atoms with Crippen molar-refractivity contribution in [3.8, 4) is 17.2 Å². The number of nitrogens with one attached hydrogen (secondary N) is 1. The first-order valence-electron chi connectivity index (χ1n) is 10.9. The summed E-state index contributed by atoms with van der Waals surface area (Å²) in [5.74, 6) is -0.189. The summed E-state index contributed by atoms with van der Waals surface area (Å²) in [7, 11) is 1.34. The van der Waals surface area contributed by atoms with Crippen molar-refractivity contribution in [2.24, 2.45) is 5.73 Å². The zero-order chi connectivity index (χ0) is 26.3. The van der Waals surface area contributed by atoms with Crippen LogP contribution in [0, 0.1) is 0 Å². The number of carbonyl (C=O) groups excluding carboxylic acids is 1. The molecule has 0 saturated heterocycles. The van der Waals surface area contributed by atoms with Gasteiger partial charge in [0, 0.05) is 27.2 Å². The highest BCUT2D eigenvalue weighted by molar-refractivity contribution is 7.17. The summed E-state index contributed by atoms with van der Waals surface area (Å²) in [6.45, 7) is 0.127. The molecule has 0 atom stereocenters. The number of nitrogens with zero attached hydrogens (tertiary/aromatic N) is 2. The minimum atomic E-state index is -4.63. The lowest BCUT2D eigenvalue weighted by molar-refractivity contribution is -0.140. The van der Waals surface area contributed by atoms with E-state index in [2.05, 4.69) is 15.3 Å². The number of amides is 1. The number of ether oxygens (including phenoxy) is 1. The molecule has 5 rings (SSSR count). The average Bonchev–Trinajstić information content (AvgIpc) is 3.49. The normalized spacial score (nSPS) is 11.8. The molecule has 0 bridgehead atoms. The van der Waals surface area contributed by atoms with Gasteiger partial charge in [-0.2, -0.15) is 13.2 Å². The molecular formula is C25H18ClF3N4O3S. The minimum absolute atomic E-state index is 0.0103. The van der Waals surface area contributed by atoms with Crippen LogP contribution in [0.3, 0.4) is 0 Å². The summed E-state index contributed by atoms with van der Waals surface area (Å²) in [5.41, 5.74) is 5.97. The van der Waals surface area contributed by atoms with Crippen molar-refractivity contribution in [2.75, 3.05) is 7.11 Å². The fourth-order valence-corrected chi connectivity index (χ4v) is 5.17. The number of nitrogens with two attached hydrogens (primary N) is 1. The van der Waals surface area contributed by atoms with Crippen molar-refractivity contribution in [1.82, 2.24) is 15.3 Å². The van der Waals surface area contributed by atoms with Crippen molar-refractivity contribution in [3.63, 3.8) is 0 Å². The highest BCUT2D eigenvalue weighted by atomic mass is 35.5. The Morgan fingerprint density at radius 1 is 1.16 bits per heavy atom. The number of hydrogen-bond acceptors (Lipinski definition) is 7. The number of hydrogen-bond donors (Lipinski definition) is 2. The lowest BCUT2D eigenvalue weighted by atomic mass is 10.1. The molecule has 37 heavy (non-hydrogen) atoms. The molecule has 0 radical (unpaired) electrons. The molecule has 1 amide bonds. The van der Waals surface area contributed by atoms with Gasteiger partial charge in [-0.3, -0.25) is 4.79 Å². The minimum Gasteiger partial charge on any atom is -0.494 e. The Balaban J connectivity index is 1.48. The molecule has 2 aromatic carbocycles. The van der Waals surface area contributed by atoms with Gasteiger partial charge in [0.15, 0.2) is 11.5 Å². The molecule has 12 heteroatoms. The van der Waals surface area contributed by atoms with E-state index in [1.807, 2.05) is 17.5 Å². The van der Waals surface area contributed by atoms with Gasteiger partial charge in [0.05, 0.1) is 13.7 Å². The van der Waals surface area contributed by atoms with Crippen molar-refractivity contribution >= 4 is 49.8 Å². The third-order valence-electron chi connectivity index (χ3n) is 5.72. The maximum Gasteiger partial charge on any atom is 0.433 e. The van der Waals surface area contributed by atoms with E-state index in [-0.39, 0.29) is 41.7 Å². The van der Waals surface area contributed by atoms with Crippen LogP contribution in [-0.4, -0.2) is 23.0 Å². The van der Waals surface area contributed by atoms with Gasteiger partial charge in [-0.25, -0.2) is 9.97 Å². The van der Waals surface area contributed by atoms with Gasteiger partial charge < -0.3 is 20.2 Å². The van der Waals surface area contributed by atoms with E-state index in [0.717, 1.165) is 21.7 Å². The Morgan fingerprint density at radius 2 is 1.95 bits per heavy atom. The zero-order valence-corrected chi connectivity index (χ0v) is 20.7. The number of rotatable bonds is 6. The first-order valence-corrected chi connectivity index (χ1v) is 12.1. The summed E-state index contributed by atoms with van der Waals surface area (Å²) < 4.78 is 51.7. The standard InChI is InChI=1S/C25H18ClF3N4O3S/c1-35-17-6-4-16(15-5-7-20(25(27,28)29)32-21(15)17)24-33-22(18(9-30)36-24)23(34)31-10-12-11-37-19-8-13(26)2-3-14(12)19/h2-8,11H,9-10,30H2,1H3,(H,31,34). The Kier molecular flexibility index (Phi) is 6.52. The fraction of sp³-hybridized carbons (Fsp3) is 0.160. The van der Waals surface area contributed by atoms with Gasteiger partial charge in [-0.05, 0) is 52.7 Å². The van der Waals surface area contributed by atoms with Crippen molar-refractivity contribution < 1.29 is 27.1 Å². The van der Waals surface area contributed by atoms with Gasteiger partial charge in [0.1, 0.15) is 17.0 Å². The van der Waals surface area contributed by atoms with E-state index in [4.69, 9.17) is 26.5 Å². The number of pyridine rings is 1. The first kappa shape index (κ1) is 25.0. The smallest absolute Gasteiger partial charge is 0.433 e. The topological polar surface area (TPSA) is 103 Å². The van der Waals surface area contributed by atoms with Crippen LogP contribution in [0.2, 0.25) is 5.02 Å². The number of methoxy groups -OCH3 is 1. The van der Waals surface area contributed by atoms with Crippen molar-refractivity contribution in [2.45, 2.75) is 19.3 Å². The Morgan fingerprint density at radius 3 is 2.68 bits per heavy atom. The largest absolute Gasteiger partial charge is 0.494 e. The molecule has 0 aliphatic rings. The molecule has 0 saturated carbocycles. The number of benzene rings is 2. The first-order chi connectivity index (χ1) is 17.7. The summed E-state index contributed by atoms with van der Waals surface area (Å²) in [6.07, 6.45) is -4.63. The van der Waals surface area contributed by atoms with Crippen molar-refractivity contribution in [1.29, 1.82) is 0 Å². The number of thiophene rings is 1. The Hall–Kier alpha value is -3.67. The highest BCUT2D eigenvalue weighted by Crippen LogP contribution is 2.37. The number of fused-ring (bicyclic) bond motifs is 2. The number of halogens is 4. The van der Waals surface area contributed by atoms with Crippen LogP contribution < -0.4 is 15.8 Å². The second-order valence-electron chi connectivity index (χ2n) is 7.98. The van der Waals surface area contributed by atoms with E-state index >= 15 is 0 Å². The van der Waals surface area contributed by atoms with E-state index in [9.17, 15) is 18.0 Å². The molecule has 7 nitrogen and oxygen atoms in total. The number of oxazole rings is 1. The van der Waals surface area contributed by atoms with Gasteiger partial charge in [0.25, 0.3) is 5.91 Å². The summed E-state index contributed by atoms with van der Waals surface area (Å²) in [4.78, 5) is 21.1. The monoisotopic (exact) mass is 546 g/mol. The number of alkyl halides is 3. The second-order valence-corrected chi connectivity index (χ2v) is 9.33. The fourth-order valence-electron chi connectivity index (χ4n) is 3.94. The summed E-state index contributed by atoms with van der Waals surface area (Å²) in [5, 5.41) is 6.68. The van der Waals surface area contributed by atoms with Gasteiger partial charge in [0.2, 0.25) is 5.89 Å². The number of aromatic nitrogens is 2. The maximum absolute atomic E-state index is 13.2. The lowest BCUT2D eigenvalue weighted by Gasteiger charge is -2.11. The van der Waals surface area contributed by atoms with Crippen molar-refractivity contribution in [3.05, 3.63) is 75.6 Å². The number of carbonyl (C=O) groups is 1. The van der Waals surface area contributed by atoms with Gasteiger partial charge >= 0.3 is 6.18 Å². The predicted octanol–water partition coefficient (Wildman–Crippen LogP) is 6.17. The predicted molar refractivity (Wildman–Crippen MR) is 135 cm³/mol. The van der Waals surface area contributed by atoms with E-state index in [0.29, 0.717) is 16.0 Å². The van der Waals surface area contributed by atoms with Crippen LogP contribution in [0.5, 0.6) is 5.75 Å². The third-order valence-corrected chi connectivity index (χ3v) is 6.95. The van der Waals surface area contributed by atoms with Gasteiger partial charge in [-0.15, -0.1) is 11.3 Å². The molecule has 5 aromatic rings. The summed E-state index contributed by atoms with van der Waals surface area (Å²) in [6, 6.07) is 10.7. The molecule has 0 aliphatic heterocycles. The van der Waals surface area contributed by atoms with Crippen LogP contribution in [0.1, 0.15) is 27.5 Å². The van der Waals surface area contributed by atoms with E-state index in [1.54, 1.807) is 12.1 Å². The molecule has 0 spiro atoms. The highest BCUT2D eigenvalue weighted by Gasteiger charge is 2.33. The quantitative estimate of drug-likeness (QED) is 0.264. The third kappa shape index (κ3) is 4.73. The molecule has 3 N–H and O–H groups in total. The average molecular weight is 547 g/mol. The van der Waals surface area contributed by atoms with E-state index in [1.165, 1.54) is 30.6 Å². The molecule has 0 unspecified atom stereocenters. The molecule has 190 valence electrons. The molecule has 0 fully saturated rings. The molecular weight excluding hydrogens is 529 g/mol. The molecule has 3 heterocycles. The molecule has 3 aromatic heterocycles. The molecule has 0 aliphatic carbocycles. The SMILES string of the molecule is COc1ccc(-c2nc(C(=O)NCc3csc4cc(Cl)ccc34)c(CN)o2)c2ccc(C(F)(F)F)nc12. The Labute approximate surface area is 217 Å². The van der Waals surface area contributed by atoms with Gasteiger partial charge in [-0.1, -0.05) is 17.7 Å². The zero-order valence-electron chi connectivity index (χ0n) is 19.1. The van der Waals surface area contributed by atoms with Crippen LogP contribution >= 0.6 is 22.9 Å². The summed E-state index contributed by atoms with van der Waals surface area (Å²) >= 11 is 7.56. The van der Waals surface area contributed by atoms with E-state index < -0.39 is 17.8 Å². The Bertz CT molecular complexity index is 1650. The van der Waals surface area contributed by atoms with Crippen LogP contribution in [0.15, 0.2) is 52.3 Å². The maximum atomic E-state index is 13.2. The second kappa shape index (κ2) is 9.66. The van der Waals surface area contributed by atoms with Crippen LogP contribution in [0.25, 0.3) is 32.4 Å². The van der Waals surface area contributed by atoms with Crippen LogP contribution in [0.4, 0.5) is 13.2 Å².